The highest BCUT2D eigenvalue weighted by Gasteiger charge is 2.33. The van der Waals surface area contributed by atoms with Crippen LogP contribution in [0.4, 0.5) is 0 Å². The SMILES string of the molecule is CC1CC(C)C(Oc2ccc3c(c2)OCO3)C(N)C1. The fourth-order valence-electron chi connectivity index (χ4n) is 3.20. The molecule has 0 bridgehead atoms. The lowest BCUT2D eigenvalue weighted by atomic mass is 9.78. The van der Waals surface area contributed by atoms with Crippen molar-refractivity contribution in [2.75, 3.05) is 6.79 Å². The molecule has 1 aromatic rings. The summed E-state index contributed by atoms with van der Waals surface area (Å²) in [5.74, 6) is 3.50. The van der Waals surface area contributed by atoms with E-state index in [4.69, 9.17) is 19.9 Å². The van der Waals surface area contributed by atoms with Gasteiger partial charge in [-0.3, -0.25) is 0 Å². The first-order chi connectivity index (χ1) is 9.13. The van der Waals surface area contributed by atoms with Crippen molar-refractivity contribution in [2.45, 2.75) is 38.8 Å². The molecule has 3 rings (SSSR count). The maximum absolute atomic E-state index is 6.24. The van der Waals surface area contributed by atoms with E-state index in [9.17, 15) is 0 Å². The van der Waals surface area contributed by atoms with Crippen LogP contribution in [0.1, 0.15) is 26.7 Å². The van der Waals surface area contributed by atoms with Gasteiger partial charge >= 0.3 is 0 Å². The van der Waals surface area contributed by atoms with Crippen LogP contribution in [0.25, 0.3) is 0 Å². The van der Waals surface area contributed by atoms with Gasteiger partial charge in [0.1, 0.15) is 11.9 Å². The van der Waals surface area contributed by atoms with Crippen LogP contribution in [-0.2, 0) is 0 Å². The van der Waals surface area contributed by atoms with Gasteiger partial charge in [0, 0.05) is 12.1 Å². The Morgan fingerprint density at radius 3 is 2.74 bits per heavy atom. The molecule has 1 aliphatic carbocycles. The molecule has 0 aromatic heterocycles. The van der Waals surface area contributed by atoms with Gasteiger partial charge in [-0.1, -0.05) is 13.8 Å². The summed E-state index contributed by atoms with van der Waals surface area (Å²) in [7, 11) is 0. The highest BCUT2D eigenvalue weighted by Crippen LogP contribution is 2.37. The summed E-state index contributed by atoms with van der Waals surface area (Å²) < 4.78 is 16.8. The van der Waals surface area contributed by atoms with Crippen molar-refractivity contribution < 1.29 is 14.2 Å². The van der Waals surface area contributed by atoms with Gasteiger partial charge < -0.3 is 19.9 Å². The van der Waals surface area contributed by atoms with Crippen molar-refractivity contribution in [1.82, 2.24) is 0 Å². The minimum Gasteiger partial charge on any atom is -0.488 e. The zero-order chi connectivity index (χ0) is 13.4. The average Bonchev–Trinajstić information content (AvgIpc) is 2.81. The summed E-state index contributed by atoms with van der Waals surface area (Å²) in [5.41, 5.74) is 6.24. The van der Waals surface area contributed by atoms with E-state index in [1.807, 2.05) is 18.2 Å². The van der Waals surface area contributed by atoms with Gasteiger partial charge in [0.2, 0.25) is 6.79 Å². The second-order valence-corrected chi connectivity index (χ2v) is 5.82. The highest BCUT2D eigenvalue weighted by atomic mass is 16.7. The fraction of sp³-hybridized carbons (Fsp3) is 0.600. The van der Waals surface area contributed by atoms with Crippen LogP contribution in [0.2, 0.25) is 0 Å². The third-order valence-electron chi connectivity index (χ3n) is 4.05. The van der Waals surface area contributed by atoms with E-state index in [2.05, 4.69) is 13.8 Å². The van der Waals surface area contributed by atoms with Gasteiger partial charge in [-0.25, -0.2) is 0 Å². The topological polar surface area (TPSA) is 53.7 Å². The maximum Gasteiger partial charge on any atom is 0.231 e. The lowest BCUT2D eigenvalue weighted by Gasteiger charge is -2.37. The summed E-state index contributed by atoms with van der Waals surface area (Å²) in [4.78, 5) is 0. The van der Waals surface area contributed by atoms with Crippen LogP contribution < -0.4 is 19.9 Å². The Balaban J connectivity index is 1.74. The number of benzene rings is 1. The monoisotopic (exact) mass is 263 g/mol. The van der Waals surface area contributed by atoms with Gasteiger partial charge in [-0.2, -0.15) is 0 Å². The molecule has 2 N–H and O–H groups in total. The molecule has 0 spiro atoms. The first-order valence-corrected chi connectivity index (χ1v) is 6.95. The third-order valence-corrected chi connectivity index (χ3v) is 4.05. The molecule has 4 unspecified atom stereocenters. The predicted octanol–water partition coefficient (Wildman–Crippen LogP) is 2.56. The normalized spacial score (nSPS) is 33.2. The zero-order valence-corrected chi connectivity index (χ0v) is 11.5. The number of nitrogens with two attached hydrogens (primary N) is 1. The Kier molecular flexibility index (Phi) is 3.27. The molecular formula is C15H21NO3. The largest absolute Gasteiger partial charge is 0.488 e. The predicted molar refractivity (Wildman–Crippen MR) is 72.5 cm³/mol. The minimum absolute atomic E-state index is 0.0802. The van der Waals surface area contributed by atoms with E-state index in [-0.39, 0.29) is 18.9 Å². The van der Waals surface area contributed by atoms with Gasteiger partial charge in [0.25, 0.3) is 0 Å². The van der Waals surface area contributed by atoms with Crippen LogP contribution in [0.3, 0.4) is 0 Å². The van der Waals surface area contributed by atoms with E-state index >= 15 is 0 Å². The first kappa shape index (κ1) is 12.6. The Hall–Kier alpha value is -1.42. The van der Waals surface area contributed by atoms with Gasteiger partial charge in [0.05, 0.1) is 0 Å². The Labute approximate surface area is 113 Å². The van der Waals surface area contributed by atoms with Crippen LogP contribution in [-0.4, -0.2) is 18.9 Å². The quantitative estimate of drug-likeness (QED) is 0.891. The lowest BCUT2D eigenvalue weighted by molar-refractivity contribution is 0.0624. The van der Waals surface area contributed by atoms with Gasteiger partial charge in [-0.15, -0.1) is 0 Å². The summed E-state index contributed by atoms with van der Waals surface area (Å²) in [6.07, 6.45) is 2.28. The molecule has 0 amide bonds. The molecule has 1 fully saturated rings. The Morgan fingerprint density at radius 2 is 1.95 bits per heavy atom. The molecule has 4 atom stereocenters. The van der Waals surface area contributed by atoms with Crippen LogP contribution in [0.5, 0.6) is 17.2 Å². The van der Waals surface area contributed by atoms with Crippen molar-refractivity contribution in [3.8, 4) is 17.2 Å². The molecule has 4 heteroatoms. The summed E-state index contributed by atoms with van der Waals surface area (Å²) in [5, 5.41) is 0. The number of fused-ring (bicyclic) bond motifs is 1. The molecule has 0 saturated heterocycles. The van der Waals surface area contributed by atoms with E-state index in [0.717, 1.165) is 23.7 Å². The van der Waals surface area contributed by atoms with E-state index in [0.29, 0.717) is 11.8 Å². The third kappa shape index (κ3) is 2.50. The second kappa shape index (κ2) is 4.93. The standard InChI is InChI=1S/C15H21NO3/c1-9-5-10(2)15(12(16)6-9)19-11-3-4-13-14(7-11)18-8-17-13/h3-4,7,9-10,12,15H,5-6,8,16H2,1-2H3. The number of hydrogen-bond acceptors (Lipinski definition) is 4. The molecule has 4 nitrogen and oxygen atoms in total. The van der Waals surface area contributed by atoms with E-state index < -0.39 is 0 Å². The number of rotatable bonds is 2. The molecule has 1 aliphatic heterocycles. The molecule has 104 valence electrons. The summed E-state index contributed by atoms with van der Waals surface area (Å²) in [6, 6.07) is 5.80. The molecule has 1 saturated carbocycles. The van der Waals surface area contributed by atoms with Gasteiger partial charge in [-0.05, 0) is 36.8 Å². The van der Waals surface area contributed by atoms with Crippen LogP contribution in [0.15, 0.2) is 18.2 Å². The molecule has 0 radical (unpaired) electrons. The highest BCUT2D eigenvalue weighted by molar-refractivity contribution is 5.47. The number of hydrogen-bond donors (Lipinski definition) is 1. The smallest absolute Gasteiger partial charge is 0.231 e. The van der Waals surface area contributed by atoms with Crippen molar-refractivity contribution >= 4 is 0 Å². The van der Waals surface area contributed by atoms with Crippen molar-refractivity contribution in [3.05, 3.63) is 18.2 Å². The lowest BCUT2D eigenvalue weighted by Crippen LogP contribution is -2.48. The Bertz CT molecular complexity index is 451. The maximum atomic E-state index is 6.24. The van der Waals surface area contributed by atoms with Gasteiger partial charge in [0.15, 0.2) is 11.5 Å². The van der Waals surface area contributed by atoms with E-state index in [1.54, 1.807) is 0 Å². The van der Waals surface area contributed by atoms with Crippen LogP contribution in [0, 0.1) is 11.8 Å². The molecule has 1 heterocycles. The molecular weight excluding hydrogens is 242 g/mol. The molecule has 1 aromatic carbocycles. The minimum atomic E-state index is 0.0802. The van der Waals surface area contributed by atoms with E-state index in [1.165, 1.54) is 6.42 Å². The van der Waals surface area contributed by atoms with Crippen molar-refractivity contribution in [1.29, 1.82) is 0 Å². The second-order valence-electron chi connectivity index (χ2n) is 5.82. The zero-order valence-electron chi connectivity index (χ0n) is 11.5. The summed E-state index contributed by atoms with van der Waals surface area (Å²) >= 11 is 0. The first-order valence-electron chi connectivity index (χ1n) is 6.95. The molecule has 19 heavy (non-hydrogen) atoms. The molecule has 2 aliphatic rings. The number of ether oxygens (including phenoxy) is 3. The fourth-order valence-corrected chi connectivity index (χ4v) is 3.20. The van der Waals surface area contributed by atoms with Crippen molar-refractivity contribution in [3.63, 3.8) is 0 Å². The Morgan fingerprint density at radius 1 is 1.16 bits per heavy atom. The summed E-state index contributed by atoms with van der Waals surface area (Å²) in [6.45, 7) is 4.76. The average molecular weight is 263 g/mol. The van der Waals surface area contributed by atoms with Crippen LogP contribution >= 0.6 is 0 Å². The van der Waals surface area contributed by atoms with Crippen molar-refractivity contribution in [2.24, 2.45) is 17.6 Å².